The summed E-state index contributed by atoms with van der Waals surface area (Å²) >= 11 is 0. The van der Waals surface area contributed by atoms with Crippen molar-refractivity contribution in [2.75, 3.05) is 0 Å². The quantitative estimate of drug-likeness (QED) is 0.832. The zero-order valence-electron chi connectivity index (χ0n) is 12.3. The van der Waals surface area contributed by atoms with Crippen LogP contribution in [0, 0.1) is 11.8 Å². The third kappa shape index (κ3) is 3.04. The number of rotatable bonds is 4. The van der Waals surface area contributed by atoms with Gasteiger partial charge in [-0.1, -0.05) is 39.3 Å². The largest absolute Gasteiger partial charge is 0.339 e. The molecule has 1 aromatic heterocycles. The number of hydrogen-bond donors (Lipinski definition) is 0. The Morgan fingerprint density at radius 3 is 2.42 bits per heavy atom. The highest BCUT2D eigenvalue weighted by atomic mass is 16.5. The van der Waals surface area contributed by atoms with Gasteiger partial charge in [-0.25, -0.2) is 0 Å². The smallest absolute Gasteiger partial charge is 0.237 e. The number of aromatic nitrogens is 2. The summed E-state index contributed by atoms with van der Waals surface area (Å²) in [5.74, 6) is 2.61. The minimum Gasteiger partial charge on any atom is -0.339 e. The van der Waals surface area contributed by atoms with Gasteiger partial charge in [0.15, 0.2) is 5.82 Å². The summed E-state index contributed by atoms with van der Waals surface area (Å²) in [5, 5.41) is 4.13. The van der Waals surface area contributed by atoms with Gasteiger partial charge < -0.3 is 4.52 Å². The first kappa shape index (κ1) is 14.2. The Morgan fingerprint density at radius 2 is 1.84 bits per heavy atom. The lowest BCUT2D eigenvalue weighted by Crippen LogP contribution is -2.18. The fourth-order valence-electron chi connectivity index (χ4n) is 3.13. The summed E-state index contributed by atoms with van der Waals surface area (Å²) in [6, 6.07) is 0. The molecule has 0 spiro atoms. The average molecular weight is 264 g/mol. The molecule has 0 amide bonds. The molecule has 1 fully saturated rings. The van der Waals surface area contributed by atoms with E-state index in [1.807, 2.05) is 0 Å². The van der Waals surface area contributed by atoms with Gasteiger partial charge >= 0.3 is 0 Å². The van der Waals surface area contributed by atoms with Gasteiger partial charge in [0.25, 0.3) is 0 Å². The van der Waals surface area contributed by atoms with E-state index in [4.69, 9.17) is 4.52 Å². The molecule has 1 aliphatic rings. The number of carbonyl (C=O) groups is 1. The predicted octanol–water partition coefficient (Wildman–Crippen LogP) is 3.69. The third-order valence-corrected chi connectivity index (χ3v) is 4.04. The number of hydrogen-bond acceptors (Lipinski definition) is 4. The second-order valence-corrected chi connectivity index (χ2v) is 6.27. The number of carbonyl (C=O) groups excluding carboxylic acids is 1. The molecule has 1 saturated carbocycles. The van der Waals surface area contributed by atoms with E-state index in [9.17, 15) is 4.79 Å². The zero-order valence-corrected chi connectivity index (χ0v) is 12.3. The van der Waals surface area contributed by atoms with E-state index in [1.54, 1.807) is 0 Å². The van der Waals surface area contributed by atoms with Crippen LogP contribution in [0.25, 0.3) is 0 Å². The van der Waals surface area contributed by atoms with E-state index in [0.717, 1.165) is 25.1 Å². The van der Waals surface area contributed by atoms with Crippen LogP contribution in [0.1, 0.15) is 76.9 Å². The number of nitrogens with zero attached hydrogens (tertiary/aromatic N) is 2. The molecule has 106 valence electrons. The fourth-order valence-corrected chi connectivity index (χ4v) is 3.13. The van der Waals surface area contributed by atoms with Crippen LogP contribution in [0.3, 0.4) is 0 Å². The van der Waals surface area contributed by atoms with Gasteiger partial charge in [-0.05, 0) is 24.7 Å². The van der Waals surface area contributed by atoms with E-state index in [1.165, 1.54) is 0 Å². The highest BCUT2D eigenvalue weighted by molar-refractivity contribution is 5.85. The molecular formula is C15H24N2O2. The Hall–Kier alpha value is -1.19. The zero-order chi connectivity index (χ0) is 14.0. The molecule has 0 bridgehead atoms. The van der Waals surface area contributed by atoms with Crippen molar-refractivity contribution in [3.05, 3.63) is 11.7 Å². The molecule has 1 unspecified atom stereocenters. The highest BCUT2D eigenvalue weighted by Gasteiger charge is 2.31. The van der Waals surface area contributed by atoms with Crippen molar-refractivity contribution in [3.63, 3.8) is 0 Å². The lowest BCUT2D eigenvalue weighted by atomic mass is 9.85. The van der Waals surface area contributed by atoms with Gasteiger partial charge in [0.1, 0.15) is 5.78 Å². The van der Waals surface area contributed by atoms with Crippen LogP contribution in [-0.2, 0) is 4.79 Å². The predicted molar refractivity (Wildman–Crippen MR) is 72.9 cm³/mol. The second kappa shape index (κ2) is 5.85. The first-order valence-electron chi connectivity index (χ1n) is 7.37. The molecule has 0 N–H and O–H groups in total. The summed E-state index contributed by atoms with van der Waals surface area (Å²) in [7, 11) is 0. The Balaban J connectivity index is 2.20. The molecule has 0 aromatic carbocycles. The van der Waals surface area contributed by atoms with Crippen molar-refractivity contribution < 1.29 is 9.32 Å². The molecule has 19 heavy (non-hydrogen) atoms. The molecule has 1 aliphatic carbocycles. The van der Waals surface area contributed by atoms with Crippen LogP contribution in [0.4, 0.5) is 0 Å². The van der Waals surface area contributed by atoms with Gasteiger partial charge in [0, 0.05) is 12.3 Å². The fraction of sp³-hybridized carbons (Fsp3) is 0.800. The molecule has 1 atom stereocenters. The summed E-state index contributed by atoms with van der Waals surface area (Å²) in [6.45, 7) is 8.69. The standard InChI is InChI=1S/C15H24N2O2/c1-9(2)13(10(3)4)14-16-15(19-17-14)11-7-5-6-8-12(11)18/h9-11,13H,5-8H2,1-4H3. The molecule has 0 saturated heterocycles. The minimum atomic E-state index is -0.157. The summed E-state index contributed by atoms with van der Waals surface area (Å²) < 4.78 is 5.37. The lowest BCUT2D eigenvalue weighted by Gasteiger charge is -2.21. The first-order valence-corrected chi connectivity index (χ1v) is 7.37. The summed E-state index contributed by atoms with van der Waals surface area (Å²) in [6.07, 6.45) is 3.58. The normalized spacial score (nSPS) is 20.8. The van der Waals surface area contributed by atoms with Crippen molar-refractivity contribution in [1.29, 1.82) is 0 Å². The van der Waals surface area contributed by atoms with Gasteiger partial charge in [0.2, 0.25) is 5.89 Å². The molecule has 1 heterocycles. The van der Waals surface area contributed by atoms with E-state index in [0.29, 0.717) is 24.1 Å². The maximum absolute atomic E-state index is 11.9. The van der Waals surface area contributed by atoms with Gasteiger partial charge in [-0.2, -0.15) is 4.98 Å². The Morgan fingerprint density at radius 1 is 1.16 bits per heavy atom. The van der Waals surface area contributed by atoms with Crippen molar-refractivity contribution in [2.45, 2.75) is 65.2 Å². The van der Waals surface area contributed by atoms with Crippen LogP contribution in [-0.4, -0.2) is 15.9 Å². The summed E-state index contributed by atoms with van der Waals surface area (Å²) in [4.78, 5) is 16.4. The number of Topliss-reactive ketones (excluding diaryl/α,β-unsaturated/α-hetero) is 1. The Bertz CT molecular complexity index is 429. The van der Waals surface area contributed by atoms with E-state index in [2.05, 4.69) is 37.8 Å². The van der Waals surface area contributed by atoms with Crippen LogP contribution >= 0.6 is 0 Å². The molecule has 2 rings (SSSR count). The second-order valence-electron chi connectivity index (χ2n) is 6.27. The maximum atomic E-state index is 11.9. The van der Waals surface area contributed by atoms with Crippen molar-refractivity contribution >= 4 is 5.78 Å². The van der Waals surface area contributed by atoms with Crippen LogP contribution in [0.15, 0.2) is 4.52 Å². The summed E-state index contributed by atoms with van der Waals surface area (Å²) in [5.41, 5.74) is 0. The van der Waals surface area contributed by atoms with E-state index < -0.39 is 0 Å². The van der Waals surface area contributed by atoms with Crippen LogP contribution in [0.2, 0.25) is 0 Å². The molecule has 0 aliphatic heterocycles. The monoisotopic (exact) mass is 264 g/mol. The maximum Gasteiger partial charge on any atom is 0.237 e. The Kier molecular flexibility index (Phi) is 4.38. The van der Waals surface area contributed by atoms with Crippen LogP contribution in [0.5, 0.6) is 0 Å². The number of ketones is 1. The Labute approximate surface area is 115 Å². The molecule has 4 nitrogen and oxygen atoms in total. The van der Waals surface area contributed by atoms with Gasteiger partial charge in [-0.3, -0.25) is 4.79 Å². The molecule has 0 radical (unpaired) electrons. The van der Waals surface area contributed by atoms with Gasteiger partial charge in [0.05, 0.1) is 5.92 Å². The average Bonchev–Trinajstić information content (AvgIpc) is 2.77. The topological polar surface area (TPSA) is 56.0 Å². The van der Waals surface area contributed by atoms with Crippen molar-refractivity contribution in [3.8, 4) is 0 Å². The van der Waals surface area contributed by atoms with E-state index >= 15 is 0 Å². The lowest BCUT2D eigenvalue weighted by molar-refractivity contribution is -0.122. The first-order chi connectivity index (χ1) is 9.00. The third-order valence-electron chi connectivity index (χ3n) is 4.04. The minimum absolute atomic E-state index is 0.157. The SMILES string of the molecule is CC(C)C(c1noc(C2CCCCC2=O)n1)C(C)C. The van der Waals surface area contributed by atoms with Gasteiger partial charge in [-0.15, -0.1) is 0 Å². The highest BCUT2D eigenvalue weighted by Crippen LogP contribution is 2.33. The van der Waals surface area contributed by atoms with E-state index in [-0.39, 0.29) is 17.6 Å². The van der Waals surface area contributed by atoms with Crippen LogP contribution < -0.4 is 0 Å². The molecule has 4 heteroatoms. The van der Waals surface area contributed by atoms with Crippen molar-refractivity contribution in [2.24, 2.45) is 11.8 Å². The molecule has 1 aromatic rings. The molecular weight excluding hydrogens is 240 g/mol. The van der Waals surface area contributed by atoms with Crippen molar-refractivity contribution in [1.82, 2.24) is 10.1 Å².